The molecule has 10 heteroatoms. The first-order valence-corrected chi connectivity index (χ1v) is 15.2. The van der Waals surface area contributed by atoms with Crippen LogP contribution in [0.5, 0.6) is 0 Å². The molecule has 4 fully saturated rings. The summed E-state index contributed by atoms with van der Waals surface area (Å²) in [4.78, 5) is 55.4. The summed E-state index contributed by atoms with van der Waals surface area (Å²) in [7, 11) is 4.12. The van der Waals surface area contributed by atoms with Gasteiger partial charge in [-0.15, -0.1) is 0 Å². The lowest BCUT2D eigenvalue weighted by Gasteiger charge is -2.32. The van der Waals surface area contributed by atoms with Crippen LogP contribution in [0.1, 0.15) is 73.6 Å². The summed E-state index contributed by atoms with van der Waals surface area (Å²) < 4.78 is 0. The molecule has 0 N–H and O–H groups in total. The summed E-state index contributed by atoms with van der Waals surface area (Å²) in [6.07, 6.45) is 5.93. The molecule has 4 saturated heterocycles. The molecule has 0 spiro atoms. The van der Waals surface area contributed by atoms with Gasteiger partial charge in [-0.2, -0.15) is 0 Å². The standard InChI is InChI=1S/2C8H15NO.2C7H14N2O/c1-7-3-5-9(6-4-7)8(2)10;1-7-4-3-5-9(6-7)8(2)10;1-7(10)9-5-3-8(2)4-6-9;1-7(10)9-5-3-4-8(2)6-9/h2*7H,3-6H2,1-2H3;2*3-6H2,1-2H3. The van der Waals surface area contributed by atoms with Gasteiger partial charge in [0.2, 0.25) is 23.6 Å². The van der Waals surface area contributed by atoms with E-state index >= 15 is 0 Å². The quantitative estimate of drug-likeness (QED) is 0.448. The molecule has 4 rings (SSSR count). The predicted molar refractivity (Wildman–Crippen MR) is 161 cm³/mol. The number of amides is 4. The van der Waals surface area contributed by atoms with Crippen LogP contribution >= 0.6 is 0 Å². The van der Waals surface area contributed by atoms with E-state index in [4.69, 9.17) is 0 Å². The highest BCUT2D eigenvalue weighted by Crippen LogP contribution is 2.16. The molecule has 0 radical (unpaired) electrons. The van der Waals surface area contributed by atoms with E-state index in [2.05, 4.69) is 30.7 Å². The van der Waals surface area contributed by atoms with Crippen LogP contribution in [0.4, 0.5) is 0 Å². The second-order valence-electron chi connectivity index (χ2n) is 12.1. The zero-order valence-electron chi connectivity index (χ0n) is 26.8. The third-order valence-electron chi connectivity index (χ3n) is 8.11. The first-order valence-electron chi connectivity index (χ1n) is 15.2. The van der Waals surface area contributed by atoms with E-state index in [1.165, 1.54) is 25.7 Å². The Morgan fingerprint density at radius 3 is 1.35 bits per heavy atom. The average Bonchev–Trinajstić information content (AvgIpc) is 2.90. The maximum Gasteiger partial charge on any atom is 0.220 e. The SMILES string of the molecule is CC(=O)N1CCC(C)CC1.CC(=O)N1CCCC(C)C1.CC(=O)N1CCCN(C)C1.CC(=O)N1CCN(C)CC1. The highest BCUT2D eigenvalue weighted by atomic mass is 16.2. The van der Waals surface area contributed by atoms with Gasteiger partial charge in [0.1, 0.15) is 0 Å². The summed E-state index contributed by atoms with van der Waals surface area (Å²) in [6, 6.07) is 0. The minimum atomic E-state index is 0.187. The molecule has 0 aliphatic carbocycles. The van der Waals surface area contributed by atoms with Gasteiger partial charge in [-0.25, -0.2) is 0 Å². The van der Waals surface area contributed by atoms with E-state index in [1.807, 2.05) is 26.6 Å². The fraction of sp³-hybridized carbons (Fsp3) is 0.867. The molecule has 0 aromatic carbocycles. The van der Waals surface area contributed by atoms with Crippen molar-refractivity contribution in [3.05, 3.63) is 0 Å². The molecule has 232 valence electrons. The molecule has 4 heterocycles. The van der Waals surface area contributed by atoms with E-state index in [0.29, 0.717) is 5.92 Å². The van der Waals surface area contributed by atoms with Crippen molar-refractivity contribution in [2.75, 3.05) is 86.2 Å². The molecule has 1 atom stereocenters. The molecular weight excluding hydrogens is 508 g/mol. The van der Waals surface area contributed by atoms with Crippen LogP contribution < -0.4 is 0 Å². The highest BCUT2D eigenvalue weighted by molar-refractivity contribution is 5.74. The van der Waals surface area contributed by atoms with Gasteiger partial charge >= 0.3 is 0 Å². The van der Waals surface area contributed by atoms with Gasteiger partial charge in [0.05, 0.1) is 6.67 Å². The average molecular weight is 567 g/mol. The highest BCUT2D eigenvalue weighted by Gasteiger charge is 2.18. The van der Waals surface area contributed by atoms with Crippen molar-refractivity contribution in [3.8, 4) is 0 Å². The zero-order chi connectivity index (χ0) is 30.2. The van der Waals surface area contributed by atoms with Gasteiger partial charge in [-0.3, -0.25) is 24.1 Å². The smallest absolute Gasteiger partial charge is 0.220 e. The van der Waals surface area contributed by atoms with Crippen molar-refractivity contribution in [3.63, 3.8) is 0 Å². The Morgan fingerprint density at radius 2 is 0.950 bits per heavy atom. The van der Waals surface area contributed by atoms with Crippen LogP contribution in [-0.2, 0) is 19.2 Å². The first kappa shape index (κ1) is 35.8. The molecule has 1 unspecified atom stereocenters. The number of piperazine rings is 1. The number of hydrogen-bond acceptors (Lipinski definition) is 6. The Bertz CT molecular complexity index is 714. The summed E-state index contributed by atoms with van der Waals surface area (Å²) in [5, 5.41) is 0. The molecule has 10 nitrogen and oxygen atoms in total. The first-order chi connectivity index (χ1) is 18.8. The third kappa shape index (κ3) is 15.0. The van der Waals surface area contributed by atoms with Gasteiger partial charge in [-0.05, 0) is 58.0 Å². The number of carbonyl (C=O) groups is 4. The monoisotopic (exact) mass is 566 g/mol. The number of likely N-dealkylation sites (tertiary alicyclic amines) is 2. The number of piperidine rings is 2. The van der Waals surface area contributed by atoms with E-state index in [1.54, 1.807) is 27.7 Å². The number of hydrogen-bond donors (Lipinski definition) is 0. The second-order valence-corrected chi connectivity index (χ2v) is 12.1. The Morgan fingerprint density at radius 1 is 0.475 bits per heavy atom. The lowest BCUT2D eigenvalue weighted by Crippen LogP contribution is -2.46. The molecular formula is C30H58N6O4. The van der Waals surface area contributed by atoms with Crippen LogP contribution in [0.2, 0.25) is 0 Å². The van der Waals surface area contributed by atoms with Gasteiger partial charge in [0, 0.05) is 93.1 Å². The maximum absolute atomic E-state index is 10.9. The lowest BCUT2D eigenvalue weighted by molar-refractivity contribution is -0.132. The minimum Gasteiger partial charge on any atom is -0.343 e. The van der Waals surface area contributed by atoms with Crippen molar-refractivity contribution in [1.29, 1.82) is 0 Å². The number of nitrogens with zero attached hydrogens (tertiary/aromatic N) is 6. The summed E-state index contributed by atoms with van der Waals surface area (Å²) in [5.41, 5.74) is 0. The zero-order valence-corrected chi connectivity index (χ0v) is 26.8. The summed E-state index contributed by atoms with van der Waals surface area (Å²) >= 11 is 0. The molecule has 40 heavy (non-hydrogen) atoms. The topological polar surface area (TPSA) is 87.7 Å². The van der Waals surface area contributed by atoms with E-state index < -0.39 is 0 Å². The van der Waals surface area contributed by atoms with Crippen LogP contribution in [0.25, 0.3) is 0 Å². The Balaban J connectivity index is 0.000000267. The second kappa shape index (κ2) is 19.0. The van der Waals surface area contributed by atoms with Crippen molar-refractivity contribution in [2.24, 2.45) is 11.8 Å². The third-order valence-corrected chi connectivity index (χ3v) is 8.11. The fourth-order valence-electron chi connectivity index (χ4n) is 5.14. The van der Waals surface area contributed by atoms with Crippen molar-refractivity contribution >= 4 is 23.6 Å². The van der Waals surface area contributed by atoms with Gasteiger partial charge < -0.3 is 24.5 Å². The summed E-state index contributed by atoms with van der Waals surface area (Å²) in [6.45, 7) is 21.5. The molecule has 4 aliphatic rings. The predicted octanol–water partition coefficient (Wildman–Crippen LogP) is 2.44. The van der Waals surface area contributed by atoms with E-state index in [9.17, 15) is 19.2 Å². The molecule has 4 aliphatic heterocycles. The van der Waals surface area contributed by atoms with Crippen molar-refractivity contribution in [1.82, 2.24) is 29.4 Å². The molecule has 0 bridgehead atoms. The Labute approximate surface area is 244 Å². The minimum absolute atomic E-state index is 0.187. The van der Waals surface area contributed by atoms with Crippen LogP contribution in [0.15, 0.2) is 0 Å². The number of carbonyl (C=O) groups excluding carboxylic acids is 4. The fourth-order valence-corrected chi connectivity index (χ4v) is 5.14. The van der Waals surface area contributed by atoms with Crippen molar-refractivity contribution < 1.29 is 19.2 Å². The normalized spacial score (nSPS) is 22.6. The van der Waals surface area contributed by atoms with E-state index in [0.717, 1.165) is 84.5 Å². The molecule has 4 amide bonds. The van der Waals surface area contributed by atoms with Crippen LogP contribution in [0.3, 0.4) is 0 Å². The number of likely N-dealkylation sites (N-methyl/N-ethyl adjacent to an activating group) is 1. The maximum atomic E-state index is 10.9. The summed E-state index contributed by atoms with van der Waals surface area (Å²) in [5.74, 6) is 2.37. The Hall–Kier alpha value is -2.20. The molecule has 0 aromatic heterocycles. The van der Waals surface area contributed by atoms with Crippen LogP contribution in [0, 0.1) is 11.8 Å². The van der Waals surface area contributed by atoms with Gasteiger partial charge in [0.25, 0.3) is 0 Å². The Kier molecular flexibility index (Phi) is 17.0. The van der Waals surface area contributed by atoms with E-state index in [-0.39, 0.29) is 23.6 Å². The largest absolute Gasteiger partial charge is 0.343 e. The van der Waals surface area contributed by atoms with Crippen LogP contribution in [-0.4, -0.2) is 139 Å². The van der Waals surface area contributed by atoms with Crippen molar-refractivity contribution in [2.45, 2.75) is 73.6 Å². The lowest BCUT2D eigenvalue weighted by atomic mass is 9.99. The number of rotatable bonds is 0. The molecule has 0 aromatic rings. The van der Waals surface area contributed by atoms with Gasteiger partial charge in [0.15, 0.2) is 0 Å². The molecule has 0 saturated carbocycles. The van der Waals surface area contributed by atoms with Gasteiger partial charge in [-0.1, -0.05) is 13.8 Å².